The number of fused-ring (bicyclic) bond motifs is 1. The molecule has 0 saturated heterocycles. The van der Waals surface area contributed by atoms with Gasteiger partial charge in [-0.3, -0.25) is 0 Å². The lowest BCUT2D eigenvalue weighted by molar-refractivity contribution is -0.577. The smallest absolute Gasteiger partial charge is 0.238 e. The predicted molar refractivity (Wildman–Crippen MR) is 115 cm³/mol. The fourth-order valence-corrected chi connectivity index (χ4v) is 3.44. The number of pyridine rings is 1. The molecule has 0 radical (unpaired) electrons. The third-order valence-electron chi connectivity index (χ3n) is 4.48. The van der Waals surface area contributed by atoms with E-state index < -0.39 is 0 Å². The van der Waals surface area contributed by atoms with Crippen LogP contribution in [-0.4, -0.2) is 18.2 Å². The topological polar surface area (TPSA) is 57.4 Å². The molecule has 1 N–H and O–H groups in total. The second-order valence-electron chi connectivity index (χ2n) is 6.64. The van der Waals surface area contributed by atoms with E-state index in [2.05, 4.69) is 5.32 Å². The second-order valence-corrected chi connectivity index (χ2v) is 7.05. The Morgan fingerprint density at radius 3 is 2.48 bits per heavy atom. The zero-order valence-electron chi connectivity index (χ0n) is 15.9. The van der Waals surface area contributed by atoms with Gasteiger partial charge in [0.1, 0.15) is 13.2 Å². The fraction of sp³-hybridized carbons (Fsp3) is 0.130. The maximum absolute atomic E-state index is 13.4. The van der Waals surface area contributed by atoms with Crippen molar-refractivity contribution in [2.24, 2.45) is 0 Å². The minimum Gasteiger partial charge on any atom is -0.867 e. The number of rotatable bonds is 4. The van der Waals surface area contributed by atoms with E-state index in [1.807, 2.05) is 49.4 Å². The molecule has 0 atom stereocenters. The molecule has 6 heteroatoms. The van der Waals surface area contributed by atoms with E-state index in [0.29, 0.717) is 41.0 Å². The number of aromatic nitrogens is 1. The molecule has 1 aliphatic rings. The highest BCUT2D eigenvalue weighted by Crippen LogP contribution is 2.32. The number of thiocarbonyl (C=S) groups is 1. The Morgan fingerprint density at radius 1 is 0.966 bits per heavy atom. The molecule has 2 aromatic carbocycles. The van der Waals surface area contributed by atoms with Crippen LogP contribution < -0.4 is 24.5 Å². The van der Waals surface area contributed by atoms with Crippen LogP contribution in [0.15, 0.2) is 73.1 Å². The van der Waals surface area contributed by atoms with Gasteiger partial charge >= 0.3 is 0 Å². The summed E-state index contributed by atoms with van der Waals surface area (Å²) in [6.45, 7) is 2.97. The highest BCUT2D eigenvalue weighted by molar-refractivity contribution is 7.81. The third-order valence-corrected chi connectivity index (χ3v) is 4.78. The molecule has 146 valence electrons. The second kappa shape index (κ2) is 8.32. The van der Waals surface area contributed by atoms with Crippen molar-refractivity contribution in [3.8, 4) is 11.5 Å². The van der Waals surface area contributed by atoms with Gasteiger partial charge in [-0.15, -0.1) is 0 Å². The summed E-state index contributed by atoms with van der Waals surface area (Å²) < 4.78 is 12.9. The Hall–Kier alpha value is -3.38. The van der Waals surface area contributed by atoms with Gasteiger partial charge in [-0.2, -0.15) is 4.57 Å². The molecule has 0 bridgehead atoms. The predicted octanol–water partition coefficient (Wildman–Crippen LogP) is 3.18. The standard InChI is InChI=1S/C23H20N2O3S/c1-16-6-5-7-18(14-16)24-23(29)21(25-10-3-2-4-11-25)22(26)17-8-9-19-20(15-17)28-13-12-27-19/h2-11,14-15H,12-13H2,1H3,(H-,24,26,29). The van der Waals surface area contributed by atoms with Crippen molar-refractivity contribution >= 4 is 34.3 Å². The van der Waals surface area contributed by atoms with Crippen molar-refractivity contribution in [3.05, 3.63) is 84.2 Å². The van der Waals surface area contributed by atoms with Crippen LogP contribution in [0.1, 0.15) is 11.1 Å². The van der Waals surface area contributed by atoms with Crippen LogP contribution in [0, 0.1) is 6.92 Å². The first-order chi connectivity index (χ1) is 14.1. The summed E-state index contributed by atoms with van der Waals surface area (Å²) in [7, 11) is 0. The minimum absolute atomic E-state index is 0.205. The molecule has 1 aliphatic heterocycles. The first-order valence-corrected chi connectivity index (χ1v) is 9.68. The molecule has 4 rings (SSSR count). The number of benzene rings is 2. The normalized spacial score (nSPS) is 13.4. The van der Waals surface area contributed by atoms with E-state index in [4.69, 9.17) is 21.7 Å². The molecule has 1 aromatic heterocycles. The van der Waals surface area contributed by atoms with Crippen LogP contribution >= 0.6 is 12.2 Å². The number of ether oxygens (including phenoxy) is 2. The van der Waals surface area contributed by atoms with Gasteiger partial charge < -0.3 is 19.9 Å². The first-order valence-electron chi connectivity index (χ1n) is 9.28. The van der Waals surface area contributed by atoms with E-state index in [-0.39, 0.29) is 5.76 Å². The molecule has 2 heterocycles. The van der Waals surface area contributed by atoms with Gasteiger partial charge in [0.25, 0.3) is 0 Å². The molecule has 0 unspecified atom stereocenters. The average Bonchev–Trinajstić information content (AvgIpc) is 2.74. The van der Waals surface area contributed by atoms with Crippen LogP contribution in [0.4, 0.5) is 5.69 Å². The van der Waals surface area contributed by atoms with Crippen molar-refractivity contribution in [2.45, 2.75) is 6.92 Å². The Morgan fingerprint density at radius 2 is 1.72 bits per heavy atom. The van der Waals surface area contributed by atoms with Crippen molar-refractivity contribution in [2.75, 3.05) is 18.5 Å². The number of hydrogen-bond donors (Lipinski definition) is 1. The van der Waals surface area contributed by atoms with Gasteiger partial charge in [0.05, 0.1) is 0 Å². The maximum Gasteiger partial charge on any atom is 0.238 e. The average molecular weight is 404 g/mol. The first kappa shape index (κ1) is 19.0. The molecule has 0 fully saturated rings. The Balaban J connectivity index is 1.76. The molecule has 5 nitrogen and oxygen atoms in total. The summed E-state index contributed by atoms with van der Waals surface area (Å²) in [6, 6.07) is 18.6. The lowest BCUT2D eigenvalue weighted by Crippen LogP contribution is -2.39. The van der Waals surface area contributed by atoms with Crippen LogP contribution in [0.5, 0.6) is 11.5 Å². The number of nitrogens with one attached hydrogen (secondary N) is 1. The summed E-state index contributed by atoms with van der Waals surface area (Å²) in [5.74, 6) is 1.00. The van der Waals surface area contributed by atoms with Gasteiger partial charge in [-0.05, 0) is 48.1 Å². The lowest BCUT2D eigenvalue weighted by atomic mass is 10.1. The number of nitrogens with zero attached hydrogens (tertiary/aromatic N) is 1. The lowest BCUT2D eigenvalue weighted by Gasteiger charge is -2.21. The van der Waals surface area contributed by atoms with Crippen LogP contribution in [0.2, 0.25) is 0 Å². The molecule has 0 amide bonds. The molecule has 0 saturated carbocycles. The van der Waals surface area contributed by atoms with E-state index in [1.54, 1.807) is 35.2 Å². The molecule has 0 spiro atoms. The van der Waals surface area contributed by atoms with E-state index >= 15 is 0 Å². The molecule has 29 heavy (non-hydrogen) atoms. The van der Waals surface area contributed by atoms with E-state index in [9.17, 15) is 5.11 Å². The van der Waals surface area contributed by atoms with Gasteiger partial charge in [-0.25, -0.2) is 0 Å². The van der Waals surface area contributed by atoms with Gasteiger partial charge in [0, 0.05) is 17.8 Å². The summed E-state index contributed by atoms with van der Waals surface area (Å²) >= 11 is 5.63. The Bertz CT molecular complexity index is 1080. The monoisotopic (exact) mass is 404 g/mol. The third kappa shape index (κ3) is 4.22. The van der Waals surface area contributed by atoms with Crippen LogP contribution in [0.3, 0.4) is 0 Å². The zero-order chi connectivity index (χ0) is 20.2. The summed E-state index contributed by atoms with van der Waals surface area (Å²) in [5.41, 5.74) is 2.77. The van der Waals surface area contributed by atoms with E-state index in [1.165, 1.54) is 0 Å². The van der Waals surface area contributed by atoms with Crippen molar-refractivity contribution < 1.29 is 19.1 Å². The maximum atomic E-state index is 13.4. The van der Waals surface area contributed by atoms with Crippen molar-refractivity contribution in [1.29, 1.82) is 0 Å². The highest BCUT2D eigenvalue weighted by atomic mass is 32.1. The molecular weight excluding hydrogens is 384 g/mol. The summed E-state index contributed by atoms with van der Waals surface area (Å²) in [6.07, 6.45) is 3.60. The Kier molecular flexibility index (Phi) is 5.44. The number of aryl methyl sites for hydroxylation is 1. The summed E-state index contributed by atoms with van der Waals surface area (Å²) in [5, 5.41) is 16.6. The zero-order valence-corrected chi connectivity index (χ0v) is 16.7. The largest absolute Gasteiger partial charge is 0.867 e. The molecule has 0 aliphatic carbocycles. The fourth-order valence-electron chi connectivity index (χ4n) is 3.12. The van der Waals surface area contributed by atoms with Crippen molar-refractivity contribution in [3.63, 3.8) is 0 Å². The SMILES string of the molecule is Cc1cccc(NC(=S)C(=C([O-])c2ccc3c(c2)OCCO3)[n+]2ccccc2)c1. The van der Waals surface area contributed by atoms with Crippen LogP contribution in [0.25, 0.3) is 11.5 Å². The Labute approximate surface area is 174 Å². The van der Waals surface area contributed by atoms with Gasteiger partial charge in [-0.1, -0.05) is 36.5 Å². The summed E-state index contributed by atoms with van der Waals surface area (Å²) in [4.78, 5) is 0.340. The van der Waals surface area contributed by atoms with Crippen LogP contribution in [-0.2, 0) is 0 Å². The van der Waals surface area contributed by atoms with Gasteiger partial charge in [0.2, 0.25) is 5.70 Å². The molecular formula is C23H20N2O3S. The highest BCUT2D eigenvalue weighted by Gasteiger charge is 2.20. The minimum atomic E-state index is -0.205. The number of anilines is 1. The quantitative estimate of drug-likeness (QED) is 0.313. The van der Waals surface area contributed by atoms with Gasteiger partial charge in [0.15, 0.2) is 28.9 Å². The molecule has 3 aromatic rings. The number of hydrogen-bond acceptors (Lipinski definition) is 4. The van der Waals surface area contributed by atoms with E-state index in [0.717, 1.165) is 11.3 Å². The van der Waals surface area contributed by atoms with Crippen molar-refractivity contribution in [1.82, 2.24) is 0 Å².